The van der Waals surface area contributed by atoms with E-state index in [4.69, 9.17) is 0 Å². The molecule has 1 aliphatic carbocycles. The minimum atomic E-state index is -4.06. The van der Waals surface area contributed by atoms with Gasteiger partial charge in [0.05, 0.1) is 5.41 Å². The Hall–Kier alpha value is -1.97. The first kappa shape index (κ1) is 55.4. The van der Waals surface area contributed by atoms with Gasteiger partial charge in [-0.05, 0) is 41.5 Å². The van der Waals surface area contributed by atoms with Crippen molar-refractivity contribution in [3.05, 3.63) is 59.7 Å². The average Bonchev–Trinajstić information content (AvgIpc) is 3.03. The van der Waals surface area contributed by atoms with Crippen LogP contribution in [-0.2, 0) is 24.8 Å². The quantitative estimate of drug-likeness (QED) is 0.254. The van der Waals surface area contributed by atoms with Crippen molar-refractivity contribution in [3.8, 4) is 11.1 Å². The lowest BCUT2D eigenvalue weighted by Gasteiger charge is -2.21. The molecule has 284 valence electrons. The molecule has 4 nitrogen and oxygen atoms in total. The number of benzene rings is 2. The molecule has 3 rings (SSSR count). The molecule has 0 spiro atoms. The Balaban J connectivity index is -0.000000161. The number of halogens is 3. The molecule has 0 aromatic heterocycles. The number of carbonyl (C=O) groups is 1. The molecule has 1 aliphatic rings. The Labute approximate surface area is 296 Å². The number of hydrogen-bond donors (Lipinski definition) is 0. The van der Waals surface area contributed by atoms with E-state index in [-0.39, 0.29) is 11.2 Å². The zero-order chi connectivity index (χ0) is 40.0. The van der Waals surface area contributed by atoms with E-state index < -0.39 is 29.5 Å². The Morgan fingerprint density at radius 1 is 0.729 bits per heavy atom. The van der Waals surface area contributed by atoms with Crippen LogP contribution in [0.4, 0.5) is 13.2 Å². The van der Waals surface area contributed by atoms with Crippen molar-refractivity contribution in [1.29, 1.82) is 0 Å². The summed E-state index contributed by atoms with van der Waals surface area (Å²) in [6.45, 7) is 33.4. The van der Waals surface area contributed by atoms with Crippen molar-refractivity contribution >= 4 is 23.7 Å². The molecular formula is C39H73F3O4SSi. The van der Waals surface area contributed by atoms with Gasteiger partial charge in [-0.1, -0.05) is 157 Å². The largest absolute Gasteiger partial charge is 0.393 e. The van der Waals surface area contributed by atoms with Crippen LogP contribution in [0.5, 0.6) is 0 Å². The molecule has 0 amide bonds. The summed E-state index contributed by atoms with van der Waals surface area (Å²) in [5.41, 5.74) is 4.80. The first-order valence-electron chi connectivity index (χ1n) is 16.3. The molecule has 0 fully saturated rings. The highest BCUT2D eigenvalue weighted by molar-refractivity contribution is 7.89. The number of rotatable bonds is 0. The van der Waals surface area contributed by atoms with Gasteiger partial charge < -0.3 is 9.53 Å². The number of methoxy groups -OCH3 is 1. The molecule has 0 radical (unpaired) electrons. The van der Waals surface area contributed by atoms with Gasteiger partial charge in [0.1, 0.15) is 15.6 Å². The fourth-order valence-corrected chi connectivity index (χ4v) is 2.67. The van der Waals surface area contributed by atoms with E-state index in [1.54, 1.807) is 14.2 Å². The van der Waals surface area contributed by atoms with E-state index in [1.807, 2.05) is 0 Å². The van der Waals surface area contributed by atoms with Crippen LogP contribution in [0, 0.1) is 10.8 Å². The van der Waals surface area contributed by atoms with Crippen LogP contribution in [0.2, 0.25) is 26.2 Å². The van der Waals surface area contributed by atoms with Crippen LogP contribution in [0.15, 0.2) is 48.5 Å². The van der Waals surface area contributed by atoms with Crippen molar-refractivity contribution in [1.82, 2.24) is 0 Å². The van der Waals surface area contributed by atoms with Crippen molar-refractivity contribution in [3.63, 3.8) is 0 Å². The van der Waals surface area contributed by atoms with E-state index in [2.05, 4.69) is 135 Å². The average molecular weight is 723 g/mol. The SMILES string of the molecule is CC(C)(C)C.CC(C)(C)C(F)(F)F.CC(C)=O.CC1(C)c2ccccc2-c2ccccc21.CCC.COC.CS(C)(=O)=O.C[Si](C)(C)C. The summed E-state index contributed by atoms with van der Waals surface area (Å²) < 4.78 is 58.2. The number of carbonyl (C=O) groups excluding carboxylic acids is 1. The van der Waals surface area contributed by atoms with Crippen LogP contribution in [0.3, 0.4) is 0 Å². The van der Waals surface area contributed by atoms with Gasteiger partial charge in [0.25, 0.3) is 0 Å². The van der Waals surface area contributed by atoms with Gasteiger partial charge in [-0.25, -0.2) is 8.42 Å². The standard InChI is InChI=1S/C15H14.C5H9F3.C5H12.C4H12Si.C3H6O.C3H8.C2H6O2S.C2H6O/c1-15(2)13-9-5-3-7-11(13)12-8-4-6-10-14(12)15;1-4(2,3)5(6,7)8;2*1-5(2,3)4;1-3(2)4;1-3-2;1-5(2,3)4;1-3-2/h3-10H,1-2H3;1-3H3;2*1-4H3;1-2H3;3H2,1-2H3;1-2H3;1-2H3. The second kappa shape index (κ2) is 25.1. The highest BCUT2D eigenvalue weighted by Crippen LogP contribution is 2.48. The molecule has 2 aromatic carbocycles. The molecule has 0 saturated carbocycles. The normalized spacial score (nSPS) is 12.3. The fourth-order valence-electron chi connectivity index (χ4n) is 2.67. The lowest BCUT2D eigenvalue weighted by molar-refractivity contribution is -0.204. The monoisotopic (exact) mass is 722 g/mol. The Morgan fingerprint density at radius 3 is 1.02 bits per heavy atom. The molecule has 0 N–H and O–H groups in total. The third-order valence-corrected chi connectivity index (χ3v) is 4.34. The summed E-state index contributed by atoms with van der Waals surface area (Å²) in [5, 5.41) is 0. The molecule has 9 heteroatoms. The summed E-state index contributed by atoms with van der Waals surface area (Å²) in [6.07, 6.45) is -0.493. The predicted octanol–water partition coefficient (Wildman–Crippen LogP) is 12.5. The lowest BCUT2D eigenvalue weighted by Crippen LogP contribution is -2.28. The summed E-state index contributed by atoms with van der Waals surface area (Å²) in [4.78, 5) is 9.44. The minimum Gasteiger partial charge on any atom is -0.388 e. The van der Waals surface area contributed by atoms with E-state index in [0.29, 0.717) is 5.41 Å². The van der Waals surface area contributed by atoms with Crippen LogP contribution < -0.4 is 0 Å². The highest BCUT2D eigenvalue weighted by atomic mass is 32.2. The smallest absolute Gasteiger partial charge is 0.388 e. The van der Waals surface area contributed by atoms with Gasteiger partial charge in [-0.3, -0.25) is 0 Å². The lowest BCUT2D eigenvalue weighted by atomic mass is 9.82. The number of alkyl halides is 3. The number of sulfone groups is 1. The molecular weight excluding hydrogens is 650 g/mol. The zero-order valence-corrected chi connectivity index (χ0v) is 36.3. The molecule has 0 unspecified atom stereocenters. The Kier molecular flexibility index (Phi) is 28.9. The molecule has 0 atom stereocenters. The van der Waals surface area contributed by atoms with E-state index >= 15 is 0 Å². The van der Waals surface area contributed by atoms with Crippen LogP contribution >= 0.6 is 0 Å². The molecule has 0 aliphatic heterocycles. The number of ketones is 1. The van der Waals surface area contributed by atoms with Crippen LogP contribution in [0.1, 0.15) is 108 Å². The van der Waals surface area contributed by atoms with E-state index in [1.165, 1.54) is 42.5 Å². The van der Waals surface area contributed by atoms with Crippen LogP contribution in [-0.4, -0.2) is 55.2 Å². The van der Waals surface area contributed by atoms with Gasteiger partial charge in [0.15, 0.2) is 0 Å². The van der Waals surface area contributed by atoms with E-state index in [0.717, 1.165) is 33.3 Å². The second-order valence-electron chi connectivity index (χ2n) is 16.6. The van der Waals surface area contributed by atoms with E-state index in [9.17, 15) is 26.4 Å². The second-order valence-corrected chi connectivity index (χ2v) is 24.9. The number of hydrogen-bond acceptors (Lipinski definition) is 4. The van der Waals surface area contributed by atoms with Gasteiger partial charge >= 0.3 is 6.18 Å². The Morgan fingerprint density at radius 2 is 0.875 bits per heavy atom. The predicted molar refractivity (Wildman–Crippen MR) is 210 cm³/mol. The van der Waals surface area contributed by atoms with Crippen molar-refractivity contribution < 1.29 is 31.1 Å². The number of Topliss-reactive ketones (excluding diaryl/α,β-unsaturated/α-hetero) is 1. The first-order chi connectivity index (χ1) is 21.0. The maximum Gasteiger partial charge on any atom is 0.393 e. The molecule has 48 heavy (non-hydrogen) atoms. The third kappa shape index (κ3) is 40.2. The first-order valence-corrected chi connectivity index (χ1v) is 22.6. The zero-order valence-electron chi connectivity index (χ0n) is 34.5. The Bertz CT molecular complexity index is 1120. The number of fused-ring (bicyclic) bond motifs is 3. The minimum absolute atomic E-state index is 0.160. The van der Waals surface area contributed by atoms with Gasteiger partial charge in [0.2, 0.25) is 0 Å². The maximum atomic E-state index is 11.6. The van der Waals surface area contributed by atoms with Gasteiger partial charge in [-0.2, -0.15) is 13.2 Å². The van der Waals surface area contributed by atoms with Crippen molar-refractivity contribution in [2.45, 2.75) is 134 Å². The van der Waals surface area contributed by atoms with Crippen molar-refractivity contribution in [2.75, 3.05) is 26.7 Å². The molecule has 2 aromatic rings. The highest BCUT2D eigenvalue weighted by Gasteiger charge is 2.43. The summed E-state index contributed by atoms with van der Waals surface area (Å²) >= 11 is 0. The van der Waals surface area contributed by atoms with Crippen LogP contribution in [0.25, 0.3) is 11.1 Å². The third-order valence-electron chi connectivity index (χ3n) is 4.34. The summed E-state index contributed by atoms with van der Waals surface area (Å²) in [5.74, 6) is 0.167. The van der Waals surface area contributed by atoms with Gasteiger partial charge in [0, 0.05) is 40.2 Å². The topological polar surface area (TPSA) is 60.4 Å². The molecule has 0 bridgehead atoms. The molecule has 0 saturated heterocycles. The molecule has 0 heterocycles. The summed E-state index contributed by atoms with van der Waals surface area (Å²) in [7, 11) is -0.0278. The van der Waals surface area contributed by atoms with Crippen molar-refractivity contribution in [2.24, 2.45) is 10.8 Å². The number of ether oxygens (including phenoxy) is 1. The summed E-state index contributed by atoms with van der Waals surface area (Å²) in [6, 6.07) is 17.4. The van der Waals surface area contributed by atoms with Gasteiger partial charge in [-0.15, -0.1) is 0 Å². The maximum absolute atomic E-state index is 11.6. The fraction of sp³-hybridized carbons (Fsp3) is 0.667.